The molecule has 5 nitrogen and oxygen atoms in total. The third kappa shape index (κ3) is 3.37. The molecule has 3 aliphatic rings. The highest BCUT2D eigenvalue weighted by Crippen LogP contribution is 2.38. The molecule has 0 N–H and O–H groups in total. The van der Waals surface area contributed by atoms with Crippen LogP contribution in [0.5, 0.6) is 0 Å². The Bertz CT molecular complexity index is 605. The number of aromatic nitrogens is 1. The number of aryl methyl sites for hydroxylation is 1. The van der Waals surface area contributed by atoms with E-state index in [4.69, 9.17) is 4.74 Å². The van der Waals surface area contributed by atoms with Gasteiger partial charge in [0.15, 0.2) is 0 Å². The average molecular weight is 350 g/mol. The predicted octanol–water partition coefficient (Wildman–Crippen LogP) is 2.59. The van der Waals surface area contributed by atoms with Crippen LogP contribution in [0.4, 0.5) is 0 Å². The van der Waals surface area contributed by atoms with Crippen LogP contribution in [-0.4, -0.2) is 58.6 Å². The fourth-order valence-electron chi connectivity index (χ4n) is 4.44. The first kappa shape index (κ1) is 16.5. The normalized spacial score (nSPS) is 31.5. The van der Waals surface area contributed by atoms with Crippen molar-refractivity contribution in [1.82, 2.24) is 14.8 Å². The van der Waals surface area contributed by atoms with Crippen molar-refractivity contribution < 1.29 is 9.53 Å². The number of hydrogen-bond donors (Lipinski definition) is 0. The van der Waals surface area contributed by atoms with Gasteiger partial charge in [-0.3, -0.25) is 9.69 Å². The van der Waals surface area contributed by atoms with E-state index in [9.17, 15) is 4.79 Å². The zero-order valence-electron chi connectivity index (χ0n) is 14.5. The number of carbonyl (C=O) groups excluding carboxylic acids is 1. The summed E-state index contributed by atoms with van der Waals surface area (Å²) in [5.74, 6) is 0.312. The van der Waals surface area contributed by atoms with Gasteiger partial charge in [0.1, 0.15) is 0 Å². The molecular weight excluding hydrogens is 322 g/mol. The van der Waals surface area contributed by atoms with E-state index in [0.717, 1.165) is 70.5 Å². The van der Waals surface area contributed by atoms with Crippen LogP contribution in [0.25, 0.3) is 0 Å². The molecule has 3 aliphatic heterocycles. The van der Waals surface area contributed by atoms with Gasteiger partial charge in [-0.05, 0) is 39.0 Å². The molecule has 0 radical (unpaired) electrons. The van der Waals surface area contributed by atoms with E-state index in [0.29, 0.717) is 5.91 Å². The van der Waals surface area contributed by atoms with Crippen molar-refractivity contribution in [1.29, 1.82) is 0 Å². The topological polar surface area (TPSA) is 45.7 Å². The third-order valence-corrected chi connectivity index (χ3v) is 6.70. The Hall–Kier alpha value is -0.980. The molecule has 1 aromatic rings. The van der Waals surface area contributed by atoms with Crippen molar-refractivity contribution in [3.8, 4) is 0 Å². The highest BCUT2D eigenvalue weighted by Gasteiger charge is 2.43. The lowest BCUT2D eigenvalue weighted by molar-refractivity contribution is -0.142. The molecule has 0 saturated carbocycles. The molecule has 3 fully saturated rings. The second-order valence-electron chi connectivity index (χ2n) is 7.58. The number of amides is 1. The van der Waals surface area contributed by atoms with Gasteiger partial charge in [-0.2, -0.15) is 0 Å². The second-order valence-corrected chi connectivity index (χ2v) is 8.52. The molecule has 24 heavy (non-hydrogen) atoms. The molecule has 0 aromatic carbocycles. The van der Waals surface area contributed by atoms with Crippen LogP contribution < -0.4 is 0 Å². The predicted molar refractivity (Wildman–Crippen MR) is 94.0 cm³/mol. The Morgan fingerprint density at radius 3 is 3.04 bits per heavy atom. The highest BCUT2D eigenvalue weighted by molar-refractivity contribution is 7.09. The van der Waals surface area contributed by atoms with Gasteiger partial charge in [0, 0.05) is 44.0 Å². The summed E-state index contributed by atoms with van der Waals surface area (Å²) >= 11 is 1.76. The van der Waals surface area contributed by atoms with Crippen molar-refractivity contribution >= 4 is 17.2 Å². The van der Waals surface area contributed by atoms with Gasteiger partial charge >= 0.3 is 0 Å². The first-order valence-corrected chi connectivity index (χ1v) is 10.1. The minimum atomic E-state index is 0.0181. The summed E-state index contributed by atoms with van der Waals surface area (Å²) in [7, 11) is 0. The van der Waals surface area contributed by atoms with Gasteiger partial charge in [0.25, 0.3) is 0 Å². The molecule has 0 aliphatic carbocycles. The minimum absolute atomic E-state index is 0.0181. The van der Waals surface area contributed by atoms with Crippen LogP contribution in [0, 0.1) is 6.92 Å². The van der Waals surface area contributed by atoms with Gasteiger partial charge in [0.05, 0.1) is 22.9 Å². The molecule has 0 bridgehead atoms. The number of likely N-dealkylation sites (tertiary alicyclic amines) is 2. The molecular formula is C18H27N3O2S. The fraction of sp³-hybridized carbons (Fsp3) is 0.778. The molecule has 4 rings (SSSR count). The fourth-order valence-corrected chi connectivity index (χ4v) is 5.26. The Labute approximate surface area is 148 Å². The second kappa shape index (κ2) is 6.73. The average Bonchev–Trinajstić information content (AvgIpc) is 3.25. The monoisotopic (exact) mass is 349 g/mol. The summed E-state index contributed by atoms with van der Waals surface area (Å²) in [6.07, 6.45) is 6.56. The largest absolute Gasteiger partial charge is 0.369 e. The Morgan fingerprint density at radius 2 is 2.29 bits per heavy atom. The van der Waals surface area contributed by atoms with E-state index >= 15 is 0 Å². The summed E-state index contributed by atoms with van der Waals surface area (Å²) in [5.41, 5.74) is 3.12. The van der Waals surface area contributed by atoms with Crippen LogP contribution in [0.1, 0.15) is 49.1 Å². The van der Waals surface area contributed by atoms with Crippen molar-refractivity contribution in [2.45, 2.75) is 63.7 Å². The zero-order valence-corrected chi connectivity index (χ0v) is 15.3. The van der Waals surface area contributed by atoms with Gasteiger partial charge in [-0.15, -0.1) is 11.3 Å². The molecule has 132 valence electrons. The quantitative estimate of drug-likeness (QED) is 0.838. The first-order valence-electron chi connectivity index (χ1n) is 9.20. The summed E-state index contributed by atoms with van der Waals surface area (Å²) in [5, 5.41) is 0. The van der Waals surface area contributed by atoms with Crippen molar-refractivity contribution in [2.75, 3.05) is 26.2 Å². The Balaban J connectivity index is 1.35. The molecule has 0 unspecified atom stereocenters. The Morgan fingerprint density at radius 1 is 1.38 bits per heavy atom. The van der Waals surface area contributed by atoms with Crippen LogP contribution in [-0.2, 0) is 16.1 Å². The van der Waals surface area contributed by atoms with Crippen molar-refractivity contribution in [3.63, 3.8) is 0 Å². The van der Waals surface area contributed by atoms with Gasteiger partial charge in [-0.25, -0.2) is 4.98 Å². The van der Waals surface area contributed by atoms with Crippen LogP contribution in [0.2, 0.25) is 0 Å². The lowest BCUT2D eigenvalue weighted by atomic mass is 9.90. The van der Waals surface area contributed by atoms with Crippen molar-refractivity contribution in [2.24, 2.45) is 0 Å². The molecule has 2 atom stereocenters. The SMILES string of the molecule is Cc1ncsc1CN1CC[C@]2(CCC[C@@H](CN3CCCC3=O)O2)C1. The smallest absolute Gasteiger partial charge is 0.222 e. The highest BCUT2D eigenvalue weighted by atomic mass is 32.1. The van der Waals surface area contributed by atoms with E-state index in [1.165, 1.54) is 11.3 Å². The van der Waals surface area contributed by atoms with Crippen LogP contribution in [0.3, 0.4) is 0 Å². The molecule has 1 spiro atoms. The molecule has 6 heteroatoms. The number of rotatable bonds is 4. The zero-order chi connectivity index (χ0) is 16.6. The number of hydrogen-bond acceptors (Lipinski definition) is 5. The van der Waals surface area contributed by atoms with E-state index in [1.807, 2.05) is 10.4 Å². The molecule has 3 saturated heterocycles. The van der Waals surface area contributed by atoms with E-state index in [-0.39, 0.29) is 11.7 Å². The van der Waals surface area contributed by atoms with Crippen molar-refractivity contribution in [3.05, 3.63) is 16.1 Å². The number of nitrogens with zero attached hydrogens (tertiary/aromatic N) is 3. The summed E-state index contributed by atoms with van der Waals surface area (Å²) < 4.78 is 6.58. The number of thiazole rings is 1. The maximum atomic E-state index is 11.9. The minimum Gasteiger partial charge on any atom is -0.369 e. The van der Waals surface area contributed by atoms with Crippen LogP contribution in [0.15, 0.2) is 5.51 Å². The number of ether oxygens (including phenoxy) is 1. The summed E-state index contributed by atoms with van der Waals surface area (Å²) in [4.78, 5) is 22.1. The molecule has 1 amide bonds. The lowest BCUT2D eigenvalue weighted by Crippen LogP contribution is -2.47. The number of carbonyl (C=O) groups is 1. The van der Waals surface area contributed by atoms with Gasteiger partial charge in [0.2, 0.25) is 5.91 Å². The molecule has 1 aromatic heterocycles. The van der Waals surface area contributed by atoms with E-state index < -0.39 is 0 Å². The van der Waals surface area contributed by atoms with E-state index in [2.05, 4.69) is 16.8 Å². The summed E-state index contributed by atoms with van der Waals surface area (Å²) in [6.45, 7) is 6.94. The maximum Gasteiger partial charge on any atom is 0.222 e. The third-order valence-electron chi connectivity index (χ3n) is 5.78. The summed E-state index contributed by atoms with van der Waals surface area (Å²) in [6, 6.07) is 0. The van der Waals surface area contributed by atoms with Gasteiger partial charge < -0.3 is 9.64 Å². The van der Waals surface area contributed by atoms with E-state index in [1.54, 1.807) is 11.3 Å². The van der Waals surface area contributed by atoms with Gasteiger partial charge in [-0.1, -0.05) is 0 Å². The Kier molecular flexibility index (Phi) is 4.62. The maximum absolute atomic E-state index is 11.9. The lowest BCUT2D eigenvalue weighted by Gasteiger charge is -2.40. The first-order chi connectivity index (χ1) is 11.6. The standard InChI is InChI=1S/C18H27N3O2S/c1-14-16(24-13-19-14)11-20-9-7-18(12-20)6-2-4-15(23-18)10-21-8-3-5-17(21)22/h13,15H,2-12H2,1H3/t15-,18+/m0/s1. The van der Waals surface area contributed by atoms with Crippen LogP contribution >= 0.6 is 11.3 Å². The molecule has 4 heterocycles.